The van der Waals surface area contributed by atoms with Crippen molar-refractivity contribution >= 4 is 17.7 Å². The number of benzene rings is 2. The number of anilines is 2. The molecular weight excluding hydrogens is 566 g/mol. The maximum Gasteiger partial charge on any atom is 0.416 e. The molecule has 42 heavy (non-hydrogen) atoms. The Balaban J connectivity index is 1.64. The number of carbonyl (C=O) groups is 1. The second-order valence-electron chi connectivity index (χ2n) is 10.9. The molecule has 0 spiro atoms. The minimum Gasteiger partial charge on any atom is -0.446 e. The highest BCUT2D eigenvalue weighted by atomic mass is 19.4. The van der Waals surface area contributed by atoms with Gasteiger partial charge in [-0.1, -0.05) is 11.2 Å². The third-order valence-corrected chi connectivity index (χ3v) is 7.56. The Labute approximate surface area is 238 Å². The van der Waals surface area contributed by atoms with Crippen molar-refractivity contribution in [2.45, 2.75) is 76.9 Å². The van der Waals surface area contributed by atoms with Crippen molar-refractivity contribution in [2.24, 2.45) is 7.05 Å². The largest absolute Gasteiger partial charge is 0.446 e. The molecule has 0 saturated carbocycles. The third kappa shape index (κ3) is 6.16. The van der Waals surface area contributed by atoms with Crippen molar-refractivity contribution in [3.8, 4) is 0 Å². The van der Waals surface area contributed by atoms with Crippen LogP contribution in [0.4, 0.5) is 42.8 Å². The fourth-order valence-electron chi connectivity index (χ4n) is 5.82. The number of carbonyl (C=O) groups excluding carboxylic acids is 1. The van der Waals surface area contributed by atoms with Crippen molar-refractivity contribution in [1.82, 2.24) is 20.2 Å². The van der Waals surface area contributed by atoms with E-state index in [1.165, 1.54) is 11.9 Å². The zero-order valence-electron chi connectivity index (χ0n) is 23.2. The molecule has 0 radical (unpaired) electrons. The number of hydrogen-bond acceptors (Lipinski definition) is 6. The molecule has 0 saturated heterocycles. The van der Waals surface area contributed by atoms with Gasteiger partial charge >= 0.3 is 18.4 Å². The van der Waals surface area contributed by atoms with Crippen LogP contribution < -0.4 is 10.2 Å². The van der Waals surface area contributed by atoms with Crippen molar-refractivity contribution in [3.05, 3.63) is 63.2 Å². The molecule has 1 aliphatic carbocycles. The van der Waals surface area contributed by atoms with E-state index in [1.807, 2.05) is 12.1 Å². The summed E-state index contributed by atoms with van der Waals surface area (Å²) in [6.45, 7) is 3.02. The van der Waals surface area contributed by atoms with Crippen molar-refractivity contribution in [1.29, 1.82) is 0 Å². The number of rotatable bonds is 5. The maximum absolute atomic E-state index is 14.5. The van der Waals surface area contributed by atoms with Crippen LogP contribution >= 0.6 is 0 Å². The highest BCUT2D eigenvalue weighted by Crippen LogP contribution is 2.45. The van der Waals surface area contributed by atoms with Crippen LogP contribution in [0, 0.1) is 0 Å². The summed E-state index contributed by atoms with van der Waals surface area (Å²) in [4.78, 5) is 15.7. The van der Waals surface area contributed by atoms with E-state index < -0.39 is 48.1 Å². The van der Waals surface area contributed by atoms with Crippen molar-refractivity contribution in [2.75, 3.05) is 16.8 Å². The molecule has 0 fully saturated rings. The van der Waals surface area contributed by atoms with Crippen LogP contribution in [0.3, 0.4) is 0 Å². The smallest absolute Gasteiger partial charge is 0.416 e. The highest BCUT2D eigenvalue weighted by Gasteiger charge is 2.42. The molecular formula is C28H30F6N6O2. The normalized spacial score (nSPS) is 17.2. The number of alkyl halides is 6. The van der Waals surface area contributed by atoms with Gasteiger partial charge in [0.1, 0.15) is 0 Å². The van der Waals surface area contributed by atoms with Crippen molar-refractivity contribution < 1.29 is 35.9 Å². The lowest BCUT2D eigenvalue weighted by Crippen LogP contribution is -2.34. The zero-order valence-corrected chi connectivity index (χ0v) is 23.2. The molecule has 5 rings (SSSR count). The number of tetrazole rings is 1. The number of hydrogen-bond donors (Lipinski definition) is 1. The van der Waals surface area contributed by atoms with Gasteiger partial charge in [-0.3, -0.25) is 4.90 Å². The van der Waals surface area contributed by atoms with E-state index in [-0.39, 0.29) is 42.5 Å². The fourth-order valence-corrected chi connectivity index (χ4v) is 5.82. The van der Waals surface area contributed by atoms with E-state index in [2.05, 4.69) is 20.7 Å². The number of aromatic nitrogens is 4. The fraction of sp³-hybridized carbons (Fsp3) is 0.500. The zero-order chi connectivity index (χ0) is 30.4. The number of nitrogens with zero attached hydrogens (tertiary/aromatic N) is 5. The van der Waals surface area contributed by atoms with E-state index in [9.17, 15) is 31.1 Å². The first-order valence-electron chi connectivity index (χ1n) is 13.6. The number of fused-ring (bicyclic) bond motifs is 2. The van der Waals surface area contributed by atoms with Crippen molar-refractivity contribution in [3.63, 3.8) is 0 Å². The molecule has 226 valence electrons. The first kappa shape index (κ1) is 29.6. The Morgan fingerprint density at radius 1 is 1.05 bits per heavy atom. The van der Waals surface area contributed by atoms with Crippen LogP contribution in [0.1, 0.15) is 71.6 Å². The second-order valence-corrected chi connectivity index (χ2v) is 10.9. The number of ether oxygens (including phenoxy) is 1. The number of amides is 1. The van der Waals surface area contributed by atoms with E-state index in [0.717, 1.165) is 41.3 Å². The second kappa shape index (κ2) is 11.1. The Hall–Kier alpha value is -3.84. The van der Waals surface area contributed by atoms with E-state index >= 15 is 0 Å². The highest BCUT2D eigenvalue weighted by molar-refractivity contribution is 5.89. The molecule has 0 bridgehead atoms. The molecule has 1 N–H and O–H groups in total. The summed E-state index contributed by atoms with van der Waals surface area (Å²) in [6.07, 6.45) is -8.42. The van der Waals surface area contributed by atoms with E-state index in [4.69, 9.17) is 4.74 Å². The molecule has 1 aromatic heterocycles. The van der Waals surface area contributed by atoms with E-state index in [1.54, 1.807) is 13.8 Å². The van der Waals surface area contributed by atoms with Crippen LogP contribution in [0.15, 0.2) is 24.3 Å². The summed E-state index contributed by atoms with van der Waals surface area (Å²) < 4.78 is 90.5. The summed E-state index contributed by atoms with van der Waals surface area (Å²) in [6, 6.07) is 4.75. The van der Waals surface area contributed by atoms with Crippen LogP contribution in [-0.2, 0) is 49.9 Å². The van der Waals surface area contributed by atoms with Gasteiger partial charge in [-0.05, 0) is 103 Å². The minimum atomic E-state index is -5.07. The quantitative estimate of drug-likeness (QED) is 0.342. The molecule has 1 atom stereocenters. The summed E-state index contributed by atoms with van der Waals surface area (Å²) in [7, 11) is 1.48. The molecule has 1 aliphatic heterocycles. The molecule has 2 aliphatic rings. The van der Waals surface area contributed by atoms with Gasteiger partial charge in [-0.25, -0.2) is 4.79 Å². The van der Waals surface area contributed by atoms with Gasteiger partial charge in [0.2, 0.25) is 0 Å². The first-order chi connectivity index (χ1) is 19.7. The molecule has 2 aromatic carbocycles. The lowest BCUT2D eigenvalue weighted by atomic mass is 9.82. The summed E-state index contributed by atoms with van der Waals surface area (Å²) in [5, 5.41) is 14.0. The summed E-state index contributed by atoms with van der Waals surface area (Å²) >= 11 is 0. The summed E-state index contributed by atoms with van der Waals surface area (Å²) in [5.74, 6) is -0.899. The Kier molecular flexibility index (Phi) is 7.84. The van der Waals surface area contributed by atoms with Crippen LogP contribution in [0.25, 0.3) is 0 Å². The standard InChI is InChI=1S/C28H30F6N6O2/c1-15(2)42-26(41)40-8-7-18(10-19-9-16-5-4-6-17(16)12-23(19)40)24-20(14-35-25-36-38-39(3)37-25)11-21(27(29,30)31)13-22(24)28(32,33)34/h9,11-13,15,18H,4-8,10,14H2,1-3H3,(H,35,37). The monoisotopic (exact) mass is 596 g/mol. The molecule has 3 aromatic rings. The van der Waals surface area contributed by atoms with E-state index in [0.29, 0.717) is 11.3 Å². The Bertz CT molecular complexity index is 1480. The molecule has 1 amide bonds. The predicted molar refractivity (Wildman–Crippen MR) is 141 cm³/mol. The maximum atomic E-state index is 14.5. The van der Waals surface area contributed by atoms with Crippen LogP contribution in [0.5, 0.6) is 0 Å². The average Bonchev–Trinajstić information content (AvgIpc) is 3.47. The van der Waals surface area contributed by atoms with Gasteiger partial charge in [0.05, 0.1) is 30.0 Å². The van der Waals surface area contributed by atoms with Gasteiger partial charge in [0.25, 0.3) is 5.95 Å². The minimum absolute atomic E-state index is 0.0267. The molecule has 8 nitrogen and oxygen atoms in total. The SMILES string of the molecule is CC(C)OC(=O)N1CCC(c2c(CNc3nnn(C)n3)cc(C(F)(F)F)cc2C(F)(F)F)Cc2cc3c(cc21)CCC3. The number of halogens is 6. The van der Waals surface area contributed by atoms with Gasteiger partial charge in [0, 0.05) is 13.1 Å². The molecule has 14 heteroatoms. The first-order valence-corrected chi connectivity index (χ1v) is 13.6. The lowest BCUT2D eigenvalue weighted by Gasteiger charge is -2.26. The van der Waals surface area contributed by atoms with Gasteiger partial charge in [-0.2, -0.15) is 31.1 Å². The Morgan fingerprint density at radius 3 is 2.38 bits per heavy atom. The predicted octanol–water partition coefficient (Wildman–Crippen LogP) is 6.43. The van der Waals surface area contributed by atoms with Gasteiger partial charge < -0.3 is 10.1 Å². The number of aryl methyl sites for hydroxylation is 3. The van der Waals surface area contributed by atoms with Gasteiger partial charge in [0.15, 0.2) is 0 Å². The molecule has 1 unspecified atom stereocenters. The Morgan fingerprint density at radius 2 is 1.76 bits per heavy atom. The number of nitrogens with one attached hydrogen (secondary N) is 1. The van der Waals surface area contributed by atoms with Gasteiger partial charge in [-0.15, -0.1) is 5.10 Å². The summed E-state index contributed by atoms with van der Waals surface area (Å²) in [5.41, 5.74) is 0.151. The lowest BCUT2D eigenvalue weighted by molar-refractivity contribution is -0.143. The average molecular weight is 597 g/mol. The topological polar surface area (TPSA) is 85.2 Å². The third-order valence-electron chi connectivity index (χ3n) is 7.56. The molecule has 2 heterocycles. The van der Waals surface area contributed by atoms with Crippen LogP contribution in [-0.4, -0.2) is 38.9 Å². The van der Waals surface area contributed by atoms with Crippen LogP contribution in [0.2, 0.25) is 0 Å².